The Balaban J connectivity index is 2.30. The van der Waals surface area contributed by atoms with Crippen LogP contribution in [0.15, 0.2) is 47.6 Å². The molecule has 1 aromatic carbocycles. The average molecular weight is 426 g/mol. The second-order valence-corrected chi connectivity index (χ2v) is 7.78. The Labute approximate surface area is 141 Å². The van der Waals surface area contributed by atoms with E-state index in [9.17, 15) is 13.2 Å². The second-order valence-electron chi connectivity index (χ2n) is 4.81. The predicted molar refractivity (Wildman–Crippen MR) is 91.6 cm³/mol. The van der Waals surface area contributed by atoms with Crippen LogP contribution in [-0.4, -0.2) is 23.7 Å². The van der Waals surface area contributed by atoms with Gasteiger partial charge in [0.1, 0.15) is 0 Å². The average Bonchev–Trinajstić information content (AvgIpc) is 2.86. The number of nitrogens with zero attached hydrogens (tertiary/aromatic N) is 2. The maximum Gasteiger partial charge on any atom is 0.269 e. The van der Waals surface area contributed by atoms with Crippen molar-refractivity contribution in [3.8, 4) is 0 Å². The van der Waals surface area contributed by atoms with Gasteiger partial charge in [-0.3, -0.25) is 4.79 Å². The van der Waals surface area contributed by atoms with Crippen LogP contribution in [0.1, 0.15) is 15.9 Å². The summed E-state index contributed by atoms with van der Waals surface area (Å²) < 4.78 is 27.4. The van der Waals surface area contributed by atoms with Crippen LogP contribution in [0.5, 0.6) is 0 Å². The molecule has 0 radical (unpaired) electrons. The van der Waals surface area contributed by atoms with Crippen LogP contribution < -0.4 is 0 Å². The standard InChI is InChI=1S/C15H11IN2O3S/c1-10-2-4-12(5-3-10)22(20,21)18-8-13(16)14-11(9-19)6-7-17-15(14)18/h2-9H,1H3. The first-order valence-electron chi connectivity index (χ1n) is 6.38. The molecule has 2 heterocycles. The molecule has 0 aliphatic rings. The summed E-state index contributed by atoms with van der Waals surface area (Å²) in [5.41, 5.74) is 1.66. The third-order valence-corrected chi connectivity index (χ3v) is 5.83. The van der Waals surface area contributed by atoms with E-state index < -0.39 is 10.0 Å². The first-order valence-corrected chi connectivity index (χ1v) is 8.90. The minimum absolute atomic E-state index is 0.185. The number of aryl methyl sites for hydroxylation is 1. The lowest BCUT2D eigenvalue weighted by atomic mass is 10.2. The quantitative estimate of drug-likeness (QED) is 0.477. The van der Waals surface area contributed by atoms with Crippen molar-refractivity contribution in [3.63, 3.8) is 0 Å². The Morgan fingerprint density at radius 2 is 1.86 bits per heavy atom. The largest absolute Gasteiger partial charge is 0.298 e. The van der Waals surface area contributed by atoms with Crippen molar-refractivity contribution >= 4 is 49.9 Å². The van der Waals surface area contributed by atoms with E-state index in [-0.39, 0.29) is 10.5 Å². The monoisotopic (exact) mass is 426 g/mol. The molecule has 0 amide bonds. The number of hydrogen-bond donors (Lipinski definition) is 0. The highest BCUT2D eigenvalue weighted by Crippen LogP contribution is 2.27. The van der Waals surface area contributed by atoms with E-state index in [0.717, 1.165) is 9.54 Å². The molecule has 2 aromatic heterocycles. The fraction of sp³-hybridized carbons (Fsp3) is 0.0667. The number of aromatic nitrogens is 2. The van der Waals surface area contributed by atoms with Gasteiger partial charge in [-0.05, 0) is 47.7 Å². The van der Waals surface area contributed by atoms with E-state index in [1.54, 1.807) is 30.3 Å². The van der Waals surface area contributed by atoms with Gasteiger partial charge in [0.25, 0.3) is 10.0 Å². The molecule has 0 bridgehead atoms. The molecule has 3 rings (SSSR count). The van der Waals surface area contributed by atoms with Gasteiger partial charge < -0.3 is 0 Å². The normalized spacial score (nSPS) is 11.7. The van der Waals surface area contributed by atoms with Gasteiger partial charge in [-0.15, -0.1) is 0 Å². The summed E-state index contributed by atoms with van der Waals surface area (Å²) in [6.07, 6.45) is 3.62. The molecule has 5 nitrogen and oxygen atoms in total. The lowest BCUT2D eigenvalue weighted by Crippen LogP contribution is -2.12. The number of carbonyl (C=O) groups is 1. The fourth-order valence-corrected chi connectivity index (χ4v) is 4.55. The summed E-state index contributed by atoms with van der Waals surface area (Å²) in [6.45, 7) is 1.89. The molecule has 0 aliphatic carbocycles. The maximum atomic E-state index is 12.8. The van der Waals surface area contributed by atoms with Crippen molar-refractivity contribution in [1.82, 2.24) is 8.96 Å². The van der Waals surface area contributed by atoms with E-state index >= 15 is 0 Å². The molecule has 3 aromatic rings. The molecule has 0 saturated carbocycles. The van der Waals surface area contributed by atoms with Crippen LogP contribution in [0, 0.1) is 10.5 Å². The zero-order chi connectivity index (χ0) is 15.9. The summed E-state index contributed by atoms with van der Waals surface area (Å²) in [5, 5.41) is 0.550. The highest BCUT2D eigenvalue weighted by molar-refractivity contribution is 14.1. The zero-order valence-electron chi connectivity index (χ0n) is 11.5. The second kappa shape index (κ2) is 5.47. The number of halogens is 1. The summed E-state index contributed by atoms with van der Waals surface area (Å²) in [5.74, 6) is 0. The maximum absolute atomic E-state index is 12.8. The molecular formula is C15H11IN2O3S. The van der Waals surface area contributed by atoms with Crippen LogP contribution in [0.25, 0.3) is 11.0 Å². The van der Waals surface area contributed by atoms with Gasteiger partial charge in [-0.1, -0.05) is 17.7 Å². The minimum Gasteiger partial charge on any atom is -0.298 e. The molecule has 112 valence electrons. The van der Waals surface area contributed by atoms with E-state index in [4.69, 9.17) is 0 Å². The molecule has 0 N–H and O–H groups in total. The number of hydrogen-bond acceptors (Lipinski definition) is 4. The fourth-order valence-electron chi connectivity index (χ4n) is 2.21. The highest BCUT2D eigenvalue weighted by atomic mass is 127. The van der Waals surface area contributed by atoms with Gasteiger partial charge in [0.15, 0.2) is 11.9 Å². The van der Waals surface area contributed by atoms with Crippen molar-refractivity contribution in [2.75, 3.05) is 0 Å². The van der Waals surface area contributed by atoms with Gasteiger partial charge in [0, 0.05) is 26.9 Å². The van der Waals surface area contributed by atoms with Crippen LogP contribution in [-0.2, 0) is 10.0 Å². The minimum atomic E-state index is -3.75. The third kappa shape index (κ3) is 2.34. The molecule has 0 fully saturated rings. The smallest absolute Gasteiger partial charge is 0.269 e. The van der Waals surface area contributed by atoms with Crippen LogP contribution in [0.4, 0.5) is 0 Å². The molecule has 0 aliphatic heterocycles. The van der Waals surface area contributed by atoms with Crippen LogP contribution >= 0.6 is 22.6 Å². The summed E-state index contributed by atoms with van der Waals surface area (Å²) in [7, 11) is -3.75. The van der Waals surface area contributed by atoms with Crippen molar-refractivity contribution in [2.45, 2.75) is 11.8 Å². The van der Waals surface area contributed by atoms with Gasteiger partial charge in [0.05, 0.1) is 4.90 Å². The lowest BCUT2D eigenvalue weighted by molar-refractivity contribution is 0.112. The number of carbonyl (C=O) groups excluding carboxylic acids is 1. The van der Waals surface area contributed by atoms with Gasteiger partial charge >= 0.3 is 0 Å². The van der Waals surface area contributed by atoms with Gasteiger partial charge in [0.2, 0.25) is 0 Å². The van der Waals surface area contributed by atoms with Crippen molar-refractivity contribution < 1.29 is 13.2 Å². The lowest BCUT2D eigenvalue weighted by Gasteiger charge is -2.07. The zero-order valence-corrected chi connectivity index (χ0v) is 14.5. The third-order valence-electron chi connectivity index (χ3n) is 3.35. The molecule has 22 heavy (non-hydrogen) atoms. The van der Waals surface area contributed by atoms with Crippen molar-refractivity contribution in [3.05, 3.63) is 57.4 Å². The van der Waals surface area contributed by atoms with Gasteiger partial charge in [-0.25, -0.2) is 17.4 Å². The van der Waals surface area contributed by atoms with Crippen molar-refractivity contribution in [1.29, 1.82) is 0 Å². The van der Waals surface area contributed by atoms with E-state index in [2.05, 4.69) is 4.98 Å². The SMILES string of the molecule is Cc1ccc(S(=O)(=O)n2cc(I)c3c(C=O)ccnc32)cc1. The Bertz CT molecular complexity index is 976. The van der Waals surface area contributed by atoms with Crippen LogP contribution in [0.2, 0.25) is 0 Å². The number of pyridine rings is 1. The topological polar surface area (TPSA) is 69.0 Å². The Kier molecular flexibility index (Phi) is 3.77. The molecule has 7 heteroatoms. The number of rotatable bonds is 3. The molecular weight excluding hydrogens is 415 g/mol. The Hall–Kier alpha value is -1.74. The molecule has 0 unspecified atom stereocenters. The summed E-state index contributed by atoms with van der Waals surface area (Å²) >= 11 is 2.01. The number of aldehydes is 1. The number of benzene rings is 1. The first kappa shape index (κ1) is 15.2. The van der Waals surface area contributed by atoms with Crippen LogP contribution in [0.3, 0.4) is 0 Å². The Morgan fingerprint density at radius 1 is 1.18 bits per heavy atom. The van der Waals surface area contributed by atoms with Crippen molar-refractivity contribution in [2.24, 2.45) is 0 Å². The first-order chi connectivity index (χ1) is 10.4. The predicted octanol–water partition coefficient (Wildman–Crippen LogP) is 3.00. The summed E-state index contributed by atoms with van der Waals surface area (Å²) in [6, 6.07) is 8.18. The molecule has 0 saturated heterocycles. The number of fused-ring (bicyclic) bond motifs is 1. The van der Waals surface area contributed by atoms with E-state index in [1.165, 1.54) is 12.4 Å². The van der Waals surface area contributed by atoms with E-state index in [0.29, 0.717) is 20.8 Å². The Morgan fingerprint density at radius 3 is 2.50 bits per heavy atom. The van der Waals surface area contributed by atoms with E-state index in [1.807, 2.05) is 29.5 Å². The molecule has 0 spiro atoms. The highest BCUT2D eigenvalue weighted by Gasteiger charge is 2.22. The summed E-state index contributed by atoms with van der Waals surface area (Å²) in [4.78, 5) is 15.5. The molecule has 0 atom stereocenters. The van der Waals surface area contributed by atoms with Gasteiger partial charge in [-0.2, -0.15) is 0 Å².